The average Bonchev–Trinajstić information content (AvgIpc) is 2.37. The number of hydrogen-bond acceptors (Lipinski definition) is 5. The lowest BCUT2D eigenvalue weighted by Crippen LogP contribution is -2.34. The summed E-state index contributed by atoms with van der Waals surface area (Å²) in [4.78, 5) is 30.6. The van der Waals surface area contributed by atoms with Crippen LogP contribution in [-0.2, 0) is 11.3 Å². The standard InChI is InChI=1S/C13H15N5O2/c14-10-3-1-2-9(4-10)6-18(7-11(15)19)12-5-13(20)17-8-16-12/h1-5,8H,6-7,14H2,(H2,15,19)(H,16,17,20). The molecule has 1 amide bonds. The van der Waals surface area contributed by atoms with Crippen molar-refractivity contribution in [3.63, 3.8) is 0 Å². The lowest BCUT2D eigenvalue weighted by atomic mass is 10.2. The number of nitrogens with two attached hydrogens (primary N) is 2. The highest BCUT2D eigenvalue weighted by molar-refractivity contribution is 5.79. The number of carbonyl (C=O) groups is 1. The first-order chi connectivity index (χ1) is 9.54. The first kappa shape index (κ1) is 13.6. The summed E-state index contributed by atoms with van der Waals surface area (Å²) in [5.41, 5.74) is 12.2. The highest BCUT2D eigenvalue weighted by Gasteiger charge is 2.12. The van der Waals surface area contributed by atoms with Crippen molar-refractivity contribution in [2.45, 2.75) is 6.54 Å². The monoisotopic (exact) mass is 273 g/mol. The summed E-state index contributed by atoms with van der Waals surface area (Å²) in [6, 6.07) is 8.57. The zero-order valence-electron chi connectivity index (χ0n) is 10.7. The zero-order valence-corrected chi connectivity index (χ0v) is 10.7. The highest BCUT2D eigenvalue weighted by Crippen LogP contribution is 2.14. The summed E-state index contributed by atoms with van der Waals surface area (Å²) < 4.78 is 0. The van der Waals surface area contributed by atoms with Gasteiger partial charge in [0.2, 0.25) is 5.91 Å². The normalized spacial score (nSPS) is 10.2. The van der Waals surface area contributed by atoms with Gasteiger partial charge in [-0.2, -0.15) is 0 Å². The van der Waals surface area contributed by atoms with E-state index in [1.54, 1.807) is 17.0 Å². The van der Waals surface area contributed by atoms with Crippen LogP contribution < -0.4 is 21.9 Å². The fraction of sp³-hybridized carbons (Fsp3) is 0.154. The largest absolute Gasteiger partial charge is 0.399 e. The highest BCUT2D eigenvalue weighted by atomic mass is 16.1. The molecule has 0 atom stereocenters. The summed E-state index contributed by atoms with van der Waals surface area (Å²) in [7, 11) is 0. The van der Waals surface area contributed by atoms with Gasteiger partial charge in [-0.1, -0.05) is 12.1 Å². The molecule has 1 aromatic heterocycles. The van der Waals surface area contributed by atoms with Gasteiger partial charge in [-0.25, -0.2) is 4.98 Å². The quantitative estimate of drug-likeness (QED) is 0.654. The van der Waals surface area contributed by atoms with Gasteiger partial charge in [-0.3, -0.25) is 9.59 Å². The molecule has 0 saturated heterocycles. The van der Waals surface area contributed by atoms with Crippen LogP contribution in [0.3, 0.4) is 0 Å². The molecule has 20 heavy (non-hydrogen) atoms. The number of benzene rings is 1. The Labute approximate surface area is 115 Å². The van der Waals surface area contributed by atoms with Gasteiger partial charge in [-0.05, 0) is 17.7 Å². The van der Waals surface area contributed by atoms with E-state index in [-0.39, 0.29) is 12.1 Å². The number of aromatic amines is 1. The van der Waals surface area contributed by atoms with Crippen LogP contribution >= 0.6 is 0 Å². The molecule has 1 heterocycles. The van der Waals surface area contributed by atoms with Crippen LogP contribution in [0.15, 0.2) is 41.5 Å². The Hall–Kier alpha value is -2.83. The van der Waals surface area contributed by atoms with Crippen LogP contribution in [0.1, 0.15) is 5.56 Å². The molecule has 7 nitrogen and oxygen atoms in total. The van der Waals surface area contributed by atoms with Crippen LogP contribution in [0.5, 0.6) is 0 Å². The average molecular weight is 273 g/mol. The number of nitrogens with one attached hydrogen (secondary N) is 1. The lowest BCUT2D eigenvalue weighted by molar-refractivity contribution is -0.116. The second kappa shape index (κ2) is 5.87. The zero-order chi connectivity index (χ0) is 14.5. The van der Waals surface area contributed by atoms with E-state index in [9.17, 15) is 9.59 Å². The van der Waals surface area contributed by atoms with Gasteiger partial charge in [0.1, 0.15) is 5.82 Å². The Bertz CT molecular complexity index is 668. The maximum Gasteiger partial charge on any atom is 0.252 e. The summed E-state index contributed by atoms with van der Waals surface area (Å²) in [6.45, 7) is 0.343. The SMILES string of the molecule is NC(=O)CN(Cc1cccc(N)c1)c1cc(=O)[nH]cn1. The predicted octanol–water partition coefficient (Wildman–Crippen LogP) is -0.156. The third-order valence-corrected chi connectivity index (χ3v) is 2.66. The number of aromatic nitrogens is 2. The van der Waals surface area contributed by atoms with E-state index in [0.29, 0.717) is 18.1 Å². The third kappa shape index (κ3) is 3.58. The van der Waals surface area contributed by atoms with E-state index in [1.807, 2.05) is 12.1 Å². The summed E-state index contributed by atoms with van der Waals surface area (Å²) >= 11 is 0. The molecule has 0 aliphatic carbocycles. The molecule has 0 fully saturated rings. The van der Waals surface area contributed by atoms with Crippen molar-refractivity contribution in [1.82, 2.24) is 9.97 Å². The molecule has 0 unspecified atom stereocenters. The number of nitrogens with zero attached hydrogens (tertiary/aromatic N) is 2. The van der Waals surface area contributed by atoms with Crippen molar-refractivity contribution >= 4 is 17.4 Å². The summed E-state index contributed by atoms with van der Waals surface area (Å²) in [5.74, 6) is -0.119. The Balaban J connectivity index is 2.28. The molecular weight excluding hydrogens is 258 g/mol. The van der Waals surface area contributed by atoms with Crippen LogP contribution in [0, 0.1) is 0 Å². The number of amides is 1. The molecule has 104 valence electrons. The molecule has 0 saturated carbocycles. The van der Waals surface area contributed by atoms with Crippen molar-refractivity contribution in [3.8, 4) is 0 Å². The van der Waals surface area contributed by atoms with Crippen LogP contribution in [0.25, 0.3) is 0 Å². The lowest BCUT2D eigenvalue weighted by Gasteiger charge is -2.22. The van der Waals surface area contributed by atoms with Crippen molar-refractivity contribution in [2.24, 2.45) is 5.73 Å². The Morgan fingerprint density at radius 2 is 2.15 bits per heavy atom. The smallest absolute Gasteiger partial charge is 0.252 e. The molecule has 1 aromatic carbocycles. The van der Waals surface area contributed by atoms with Gasteiger partial charge in [0.15, 0.2) is 0 Å². The van der Waals surface area contributed by atoms with Gasteiger partial charge < -0.3 is 21.4 Å². The fourth-order valence-electron chi connectivity index (χ4n) is 1.85. The van der Waals surface area contributed by atoms with Crippen molar-refractivity contribution < 1.29 is 4.79 Å². The van der Waals surface area contributed by atoms with E-state index >= 15 is 0 Å². The van der Waals surface area contributed by atoms with E-state index in [4.69, 9.17) is 11.5 Å². The van der Waals surface area contributed by atoms with Crippen molar-refractivity contribution in [3.05, 3.63) is 52.6 Å². The second-order valence-electron chi connectivity index (χ2n) is 4.34. The molecule has 5 N–H and O–H groups in total. The van der Waals surface area contributed by atoms with Gasteiger partial charge in [0.05, 0.1) is 12.9 Å². The van der Waals surface area contributed by atoms with Gasteiger partial charge in [0, 0.05) is 18.3 Å². The second-order valence-corrected chi connectivity index (χ2v) is 4.34. The minimum atomic E-state index is -0.504. The molecule has 0 spiro atoms. The number of rotatable bonds is 5. The molecule has 2 aromatic rings. The molecule has 2 rings (SSSR count). The van der Waals surface area contributed by atoms with Crippen LogP contribution in [0.4, 0.5) is 11.5 Å². The van der Waals surface area contributed by atoms with Gasteiger partial charge >= 0.3 is 0 Å². The minimum absolute atomic E-state index is 0.0365. The maximum atomic E-state index is 11.3. The molecule has 0 aliphatic rings. The fourth-order valence-corrected chi connectivity index (χ4v) is 1.85. The number of anilines is 2. The number of carbonyl (C=O) groups excluding carboxylic acids is 1. The first-order valence-corrected chi connectivity index (χ1v) is 5.97. The Morgan fingerprint density at radius 3 is 2.80 bits per heavy atom. The Morgan fingerprint density at radius 1 is 1.35 bits per heavy atom. The van der Waals surface area contributed by atoms with E-state index < -0.39 is 5.91 Å². The molecule has 0 aliphatic heterocycles. The van der Waals surface area contributed by atoms with E-state index in [2.05, 4.69) is 9.97 Å². The third-order valence-electron chi connectivity index (χ3n) is 2.66. The van der Waals surface area contributed by atoms with Gasteiger partial charge in [0.25, 0.3) is 5.56 Å². The number of hydrogen-bond donors (Lipinski definition) is 3. The van der Waals surface area contributed by atoms with Crippen LogP contribution in [0.2, 0.25) is 0 Å². The molecule has 0 bridgehead atoms. The molecule has 0 radical (unpaired) electrons. The topological polar surface area (TPSA) is 118 Å². The van der Waals surface area contributed by atoms with Gasteiger partial charge in [-0.15, -0.1) is 0 Å². The maximum absolute atomic E-state index is 11.3. The minimum Gasteiger partial charge on any atom is -0.399 e. The summed E-state index contributed by atoms with van der Waals surface area (Å²) in [5, 5.41) is 0. The van der Waals surface area contributed by atoms with Crippen molar-refractivity contribution in [1.29, 1.82) is 0 Å². The first-order valence-electron chi connectivity index (χ1n) is 5.97. The number of H-pyrrole nitrogens is 1. The predicted molar refractivity (Wildman–Crippen MR) is 76.0 cm³/mol. The molecule has 7 heteroatoms. The number of nitrogen functional groups attached to an aromatic ring is 1. The van der Waals surface area contributed by atoms with E-state index in [0.717, 1.165) is 5.56 Å². The van der Waals surface area contributed by atoms with Crippen molar-refractivity contribution in [2.75, 3.05) is 17.2 Å². The Kier molecular flexibility index (Phi) is 3.99. The molecular formula is C13H15N5O2. The van der Waals surface area contributed by atoms with E-state index in [1.165, 1.54) is 12.4 Å². The summed E-state index contributed by atoms with van der Waals surface area (Å²) in [6.07, 6.45) is 1.28. The number of primary amides is 1. The van der Waals surface area contributed by atoms with Crippen LogP contribution in [-0.4, -0.2) is 22.4 Å².